The lowest BCUT2D eigenvalue weighted by Gasteiger charge is -2.18. The van der Waals surface area contributed by atoms with Crippen LogP contribution in [0, 0.1) is 6.92 Å². The number of aryl methyl sites for hydroxylation is 1. The fourth-order valence-electron chi connectivity index (χ4n) is 1.78. The Morgan fingerprint density at radius 2 is 2.21 bits per heavy atom. The Morgan fingerprint density at radius 1 is 1.47 bits per heavy atom. The molecule has 0 bridgehead atoms. The van der Waals surface area contributed by atoms with E-state index >= 15 is 0 Å². The zero-order valence-corrected chi connectivity index (χ0v) is 13.2. The van der Waals surface area contributed by atoms with Crippen LogP contribution in [0.3, 0.4) is 0 Å². The van der Waals surface area contributed by atoms with Gasteiger partial charge in [-0.05, 0) is 34.5 Å². The number of oxime groups is 1. The first kappa shape index (κ1) is 14.5. The number of sulfonamides is 1. The maximum absolute atomic E-state index is 12.5. The van der Waals surface area contributed by atoms with Crippen molar-refractivity contribution in [2.24, 2.45) is 5.16 Å². The van der Waals surface area contributed by atoms with Gasteiger partial charge in [0.15, 0.2) is 0 Å². The molecule has 104 valence electrons. The second kappa shape index (κ2) is 5.60. The average molecular weight is 347 g/mol. The molecule has 0 saturated carbocycles. The lowest BCUT2D eigenvalue weighted by atomic mass is 10.2. The molecule has 0 unspecified atom stereocenters. The predicted molar refractivity (Wildman–Crippen MR) is 76.7 cm³/mol. The van der Waals surface area contributed by atoms with E-state index in [2.05, 4.69) is 21.1 Å². The normalized spacial score (nSPS) is 15.5. The van der Waals surface area contributed by atoms with Crippen LogP contribution >= 0.6 is 15.9 Å². The van der Waals surface area contributed by atoms with Crippen LogP contribution in [0.4, 0.5) is 0 Å². The van der Waals surface area contributed by atoms with Gasteiger partial charge >= 0.3 is 0 Å². The maximum Gasteiger partial charge on any atom is 0.244 e. The van der Waals surface area contributed by atoms with Gasteiger partial charge in [-0.1, -0.05) is 17.3 Å². The summed E-state index contributed by atoms with van der Waals surface area (Å²) in [6.45, 7) is 2.64. The van der Waals surface area contributed by atoms with E-state index in [1.807, 2.05) is 13.0 Å². The molecule has 0 aliphatic carbocycles. The minimum Gasteiger partial charge on any atom is -0.395 e. The monoisotopic (exact) mass is 346 g/mol. The van der Waals surface area contributed by atoms with Gasteiger partial charge in [-0.25, -0.2) is 8.42 Å². The number of nitrogens with zero attached hydrogens (tertiary/aromatic N) is 2. The predicted octanol–water partition coefficient (Wildman–Crippen LogP) is 2.15. The molecule has 0 fully saturated rings. The average Bonchev–Trinajstić information content (AvgIpc) is 2.85. The number of rotatable bonds is 4. The van der Waals surface area contributed by atoms with E-state index in [1.54, 1.807) is 19.2 Å². The third-order valence-electron chi connectivity index (χ3n) is 2.93. The summed E-state index contributed by atoms with van der Waals surface area (Å²) in [4.78, 5) is 5.15. The lowest BCUT2D eigenvalue weighted by molar-refractivity contribution is 0.173. The molecular weight excluding hydrogens is 332 g/mol. The molecular formula is C12H15BrN2O3S. The molecule has 1 aliphatic heterocycles. The summed E-state index contributed by atoms with van der Waals surface area (Å²) >= 11 is 3.34. The van der Waals surface area contributed by atoms with Crippen LogP contribution in [-0.4, -0.2) is 38.6 Å². The van der Waals surface area contributed by atoms with Crippen molar-refractivity contribution in [1.29, 1.82) is 0 Å². The molecule has 0 saturated heterocycles. The van der Waals surface area contributed by atoms with Crippen molar-refractivity contribution in [3.63, 3.8) is 0 Å². The largest absolute Gasteiger partial charge is 0.395 e. The Balaban J connectivity index is 2.28. The van der Waals surface area contributed by atoms with E-state index < -0.39 is 10.0 Å². The first-order valence-electron chi connectivity index (χ1n) is 5.82. The van der Waals surface area contributed by atoms with Crippen LogP contribution in [0.25, 0.3) is 0 Å². The van der Waals surface area contributed by atoms with Gasteiger partial charge in [-0.15, -0.1) is 0 Å². The second-order valence-corrected chi connectivity index (χ2v) is 7.20. The molecule has 1 aliphatic rings. The highest BCUT2D eigenvalue weighted by Crippen LogP contribution is 2.27. The fourth-order valence-corrected chi connectivity index (χ4v) is 3.95. The van der Waals surface area contributed by atoms with Crippen molar-refractivity contribution in [1.82, 2.24) is 4.31 Å². The van der Waals surface area contributed by atoms with Crippen molar-refractivity contribution >= 4 is 31.7 Å². The topological polar surface area (TPSA) is 59.0 Å². The van der Waals surface area contributed by atoms with Crippen LogP contribution < -0.4 is 0 Å². The van der Waals surface area contributed by atoms with Crippen molar-refractivity contribution in [2.45, 2.75) is 18.2 Å². The van der Waals surface area contributed by atoms with Gasteiger partial charge in [0.1, 0.15) is 6.61 Å². The molecule has 1 aromatic rings. The first-order chi connectivity index (χ1) is 8.93. The molecule has 5 nitrogen and oxygen atoms in total. The highest BCUT2D eigenvalue weighted by Gasteiger charge is 2.25. The number of benzene rings is 1. The highest BCUT2D eigenvalue weighted by molar-refractivity contribution is 9.10. The summed E-state index contributed by atoms with van der Waals surface area (Å²) in [7, 11) is -1.98. The molecule has 7 heteroatoms. The van der Waals surface area contributed by atoms with Gasteiger partial charge in [0.2, 0.25) is 10.0 Å². The number of halogens is 1. The molecule has 0 spiro atoms. The molecule has 1 heterocycles. The molecule has 0 atom stereocenters. The molecule has 1 aromatic carbocycles. The van der Waals surface area contributed by atoms with Crippen molar-refractivity contribution in [3.05, 3.63) is 28.2 Å². The van der Waals surface area contributed by atoms with Gasteiger partial charge in [0.25, 0.3) is 0 Å². The molecule has 0 amide bonds. The smallest absolute Gasteiger partial charge is 0.244 e. The SMILES string of the molecule is Cc1cccc(S(=O)(=O)N(C)CC2=NOCC2)c1Br. The van der Waals surface area contributed by atoms with E-state index in [1.165, 1.54) is 4.31 Å². The molecule has 19 heavy (non-hydrogen) atoms. The van der Waals surface area contributed by atoms with Crippen molar-refractivity contribution < 1.29 is 13.3 Å². The maximum atomic E-state index is 12.5. The third-order valence-corrected chi connectivity index (χ3v) is 6.09. The van der Waals surface area contributed by atoms with E-state index in [9.17, 15) is 8.42 Å². The number of hydrogen-bond donors (Lipinski definition) is 0. The van der Waals surface area contributed by atoms with Gasteiger partial charge in [0.05, 0.1) is 17.2 Å². The van der Waals surface area contributed by atoms with Crippen LogP contribution in [-0.2, 0) is 14.9 Å². The zero-order chi connectivity index (χ0) is 14.0. The quantitative estimate of drug-likeness (QED) is 0.839. The molecule has 2 rings (SSSR count). The number of hydrogen-bond acceptors (Lipinski definition) is 4. The fraction of sp³-hybridized carbons (Fsp3) is 0.417. The highest BCUT2D eigenvalue weighted by atomic mass is 79.9. The van der Waals surface area contributed by atoms with E-state index in [0.717, 1.165) is 11.3 Å². The van der Waals surface area contributed by atoms with Crippen molar-refractivity contribution in [3.8, 4) is 0 Å². The zero-order valence-electron chi connectivity index (χ0n) is 10.8. The van der Waals surface area contributed by atoms with Gasteiger partial charge in [0, 0.05) is 17.9 Å². The Morgan fingerprint density at radius 3 is 2.84 bits per heavy atom. The minimum absolute atomic E-state index is 0.253. The molecule has 0 N–H and O–H groups in total. The van der Waals surface area contributed by atoms with Crippen molar-refractivity contribution in [2.75, 3.05) is 20.2 Å². The van der Waals surface area contributed by atoms with Crippen LogP contribution in [0.2, 0.25) is 0 Å². The Labute approximate surface area is 121 Å². The van der Waals surface area contributed by atoms with Gasteiger partial charge in [-0.3, -0.25) is 0 Å². The van der Waals surface area contributed by atoms with Crippen LogP contribution in [0.15, 0.2) is 32.7 Å². The molecule has 0 radical (unpaired) electrons. The second-order valence-electron chi connectivity index (χ2n) is 4.39. The van der Waals surface area contributed by atoms with E-state index in [0.29, 0.717) is 17.5 Å². The lowest BCUT2D eigenvalue weighted by Crippen LogP contribution is -2.32. The first-order valence-corrected chi connectivity index (χ1v) is 8.05. The standard InChI is InChI=1S/C12H15BrN2O3S/c1-9-4-3-5-11(12(9)13)19(16,17)15(2)8-10-6-7-18-14-10/h3-5H,6-8H2,1-2H3. The van der Waals surface area contributed by atoms with Crippen LogP contribution in [0.5, 0.6) is 0 Å². The Bertz CT molecular complexity index is 613. The van der Waals surface area contributed by atoms with E-state index in [4.69, 9.17) is 4.84 Å². The Kier molecular flexibility index (Phi) is 4.27. The minimum atomic E-state index is -3.53. The summed E-state index contributed by atoms with van der Waals surface area (Å²) in [6, 6.07) is 5.19. The summed E-state index contributed by atoms with van der Waals surface area (Å²) in [5.41, 5.74) is 1.63. The third kappa shape index (κ3) is 2.98. The van der Waals surface area contributed by atoms with Gasteiger partial charge < -0.3 is 4.84 Å². The summed E-state index contributed by atoms with van der Waals surface area (Å²) in [5.74, 6) is 0. The summed E-state index contributed by atoms with van der Waals surface area (Å²) in [5, 5.41) is 3.82. The van der Waals surface area contributed by atoms with E-state index in [-0.39, 0.29) is 11.4 Å². The Hall–Kier alpha value is -0.920. The van der Waals surface area contributed by atoms with Crippen LogP contribution in [0.1, 0.15) is 12.0 Å². The van der Waals surface area contributed by atoms with Gasteiger partial charge in [-0.2, -0.15) is 4.31 Å². The summed E-state index contributed by atoms with van der Waals surface area (Å²) < 4.78 is 26.9. The summed E-state index contributed by atoms with van der Waals surface area (Å²) in [6.07, 6.45) is 0.675. The molecule has 0 aromatic heterocycles.